The van der Waals surface area contributed by atoms with Gasteiger partial charge in [0, 0.05) is 47.5 Å². The Balaban J connectivity index is 1.46. The fraction of sp³-hybridized carbons (Fsp3) is 0. The van der Waals surface area contributed by atoms with E-state index in [0.717, 1.165) is 22.2 Å². The summed E-state index contributed by atoms with van der Waals surface area (Å²) in [5, 5.41) is 7.25. The van der Waals surface area contributed by atoms with Gasteiger partial charge in [-0.15, -0.1) is 11.3 Å². The van der Waals surface area contributed by atoms with E-state index < -0.39 is 0 Å². The molecule has 0 saturated carbocycles. The molecule has 3 heterocycles. The Bertz CT molecular complexity index is 2400. The van der Waals surface area contributed by atoms with Gasteiger partial charge < -0.3 is 0 Å². The Kier molecular flexibility index (Phi) is 5.03. The molecule has 4 nitrogen and oxygen atoms in total. The first-order valence-corrected chi connectivity index (χ1v) is 14.8. The minimum absolute atomic E-state index is 0.609. The average Bonchev–Trinajstić information content (AvgIpc) is 3.59. The summed E-state index contributed by atoms with van der Waals surface area (Å²) in [7, 11) is 0. The van der Waals surface area contributed by atoms with Crippen LogP contribution >= 0.6 is 11.3 Å². The Morgan fingerprint density at radius 3 is 1.83 bits per heavy atom. The largest absolute Gasteiger partial charge is 0.277 e. The molecule has 0 amide bonds. The second-order valence-corrected chi connectivity index (χ2v) is 11.6. The molecule has 0 atom stereocenters. The van der Waals surface area contributed by atoms with E-state index in [4.69, 9.17) is 15.0 Å². The van der Waals surface area contributed by atoms with Crippen molar-refractivity contribution in [1.82, 2.24) is 19.5 Å². The predicted octanol–water partition coefficient (Wildman–Crippen LogP) is 9.82. The van der Waals surface area contributed by atoms with Crippen molar-refractivity contribution < 1.29 is 0 Å². The summed E-state index contributed by atoms with van der Waals surface area (Å²) < 4.78 is 4.82. The molecule has 9 rings (SSSR count). The molecule has 42 heavy (non-hydrogen) atoms. The van der Waals surface area contributed by atoms with Gasteiger partial charge in [-0.25, -0.2) is 4.98 Å². The summed E-state index contributed by atoms with van der Waals surface area (Å²) in [5.41, 5.74) is 4.10. The lowest BCUT2D eigenvalue weighted by atomic mass is 10.1. The molecule has 0 aliphatic carbocycles. The number of fused-ring (bicyclic) bond motifs is 8. The van der Waals surface area contributed by atoms with Crippen molar-refractivity contribution in [3.8, 4) is 28.7 Å². The zero-order chi connectivity index (χ0) is 27.6. The maximum absolute atomic E-state index is 5.15. The van der Waals surface area contributed by atoms with Gasteiger partial charge in [0.15, 0.2) is 11.6 Å². The van der Waals surface area contributed by atoms with Gasteiger partial charge >= 0.3 is 0 Å². The summed E-state index contributed by atoms with van der Waals surface area (Å²) in [4.78, 5) is 15.3. The molecule has 3 aromatic heterocycles. The van der Waals surface area contributed by atoms with Gasteiger partial charge in [0.2, 0.25) is 5.95 Å². The van der Waals surface area contributed by atoms with E-state index >= 15 is 0 Å². The minimum atomic E-state index is 0.609. The second kappa shape index (κ2) is 9.06. The summed E-state index contributed by atoms with van der Waals surface area (Å²) in [6.45, 7) is 0. The summed E-state index contributed by atoms with van der Waals surface area (Å²) in [6.07, 6.45) is 0. The standard InChI is InChI=1S/C37H22N4S/c1-3-12-24(13-4-1)35-38-36(25-14-5-2-6-15-25)40-37(39-35)41-31-21-30-27-17-9-10-18-32(27)42-33(30)22-29(31)28-20-19-23-11-7-8-16-26(23)34(28)41/h1-22H. The van der Waals surface area contributed by atoms with Crippen molar-refractivity contribution >= 4 is 64.1 Å². The third-order valence-electron chi connectivity index (χ3n) is 8.04. The van der Waals surface area contributed by atoms with Crippen LogP contribution in [-0.2, 0) is 0 Å². The Labute approximate surface area is 245 Å². The molecular formula is C37H22N4S. The highest BCUT2D eigenvalue weighted by Crippen LogP contribution is 2.42. The molecule has 0 spiro atoms. The van der Waals surface area contributed by atoms with Gasteiger partial charge in [-0.2, -0.15) is 9.97 Å². The van der Waals surface area contributed by atoms with Crippen LogP contribution in [-0.4, -0.2) is 19.5 Å². The summed E-state index contributed by atoms with van der Waals surface area (Å²) >= 11 is 1.84. The lowest BCUT2D eigenvalue weighted by Crippen LogP contribution is -2.06. The van der Waals surface area contributed by atoms with Crippen LogP contribution in [0.1, 0.15) is 0 Å². The van der Waals surface area contributed by atoms with E-state index in [-0.39, 0.29) is 0 Å². The van der Waals surface area contributed by atoms with Crippen LogP contribution in [0, 0.1) is 0 Å². The molecule has 5 heteroatoms. The smallest absolute Gasteiger partial charge is 0.238 e. The molecule has 0 bridgehead atoms. The first-order valence-electron chi connectivity index (χ1n) is 14.0. The molecule has 196 valence electrons. The number of aromatic nitrogens is 4. The first-order chi connectivity index (χ1) is 20.8. The van der Waals surface area contributed by atoms with E-state index in [0.29, 0.717) is 17.6 Å². The topological polar surface area (TPSA) is 43.6 Å². The number of rotatable bonds is 3. The van der Waals surface area contributed by atoms with E-state index in [1.165, 1.54) is 41.7 Å². The van der Waals surface area contributed by atoms with E-state index in [1.54, 1.807) is 0 Å². The molecule has 0 radical (unpaired) electrons. The van der Waals surface area contributed by atoms with Crippen LogP contribution in [0.3, 0.4) is 0 Å². The lowest BCUT2D eigenvalue weighted by molar-refractivity contribution is 0.955. The van der Waals surface area contributed by atoms with Gasteiger partial charge in [-0.3, -0.25) is 4.57 Å². The van der Waals surface area contributed by atoms with Crippen molar-refractivity contribution in [1.29, 1.82) is 0 Å². The first kappa shape index (κ1) is 23.3. The molecule has 0 unspecified atom stereocenters. The number of thiophene rings is 1. The van der Waals surface area contributed by atoms with Crippen LogP contribution in [0.15, 0.2) is 133 Å². The molecule has 0 saturated heterocycles. The number of nitrogens with zero attached hydrogens (tertiary/aromatic N) is 4. The monoisotopic (exact) mass is 554 g/mol. The molecular weight excluding hydrogens is 533 g/mol. The van der Waals surface area contributed by atoms with Crippen LogP contribution in [0.4, 0.5) is 0 Å². The Morgan fingerprint density at radius 2 is 1.10 bits per heavy atom. The fourth-order valence-electron chi connectivity index (χ4n) is 6.10. The summed E-state index contributed by atoms with van der Waals surface area (Å²) in [6, 6.07) is 46.7. The highest BCUT2D eigenvalue weighted by atomic mass is 32.1. The maximum atomic E-state index is 5.15. The lowest BCUT2D eigenvalue weighted by Gasteiger charge is -2.12. The fourth-order valence-corrected chi connectivity index (χ4v) is 7.23. The highest BCUT2D eigenvalue weighted by molar-refractivity contribution is 7.25. The highest BCUT2D eigenvalue weighted by Gasteiger charge is 2.21. The SMILES string of the molecule is c1ccc(-c2nc(-c3ccccc3)nc(-n3c4cc5c(cc4c4ccc6ccccc6c43)sc3ccccc35)n2)cc1. The van der Waals surface area contributed by atoms with Crippen LogP contribution in [0.25, 0.3) is 81.5 Å². The van der Waals surface area contributed by atoms with Gasteiger partial charge in [0.25, 0.3) is 0 Å². The van der Waals surface area contributed by atoms with Gasteiger partial charge in [0.1, 0.15) is 0 Å². The van der Waals surface area contributed by atoms with Crippen LogP contribution < -0.4 is 0 Å². The normalized spacial score (nSPS) is 11.8. The van der Waals surface area contributed by atoms with Gasteiger partial charge in [-0.1, -0.05) is 115 Å². The van der Waals surface area contributed by atoms with Gasteiger partial charge in [-0.05, 0) is 23.6 Å². The minimum Gasteiger partial charge on any atom is -0.277 e. The predicted molar refractivity (Wildman–Crippen MR) is 175 cm³/mol. The molecule has 0 N–H and O–H groups in total. The van der Waals surface area contributed by atoms with Crippen molar-refractivity contribution in [3.05, 3.63) is 133 Å². The second-order valence-electron chi connectivity index (χ2n) is 10.5. The number of hydrogen-bond donors (Lipinski definition) is 0. The number of benzene rings is 6. The molecule has 0 aliphatic rings. The molecule has 6 aromatic carbocycles. The van der Waals surface area contributed by atoms with E-state index in [1.807, 2.05) is 47.7 Å². The van der Waals surface area contributed by atoms with Gasteiger partial charge in [0.05, 0.1) is 11.0 Å². The third-order valence-corrected chi connectivity index (χ3v) is 9.17. The quantitative estimate of drug-likeness (QED) is 0.218. The van der Waals surface area contributed by atoms with Crippen molar-refractivity contribution in [2.45, 2.75) is 0 Å². The van der Waals surface area contributed by atoms with Crippen LogP contribution in [0.5, 0.6) is 0 Å². The van der Waals surface area contributed by atoms with Crippen LogP contribution in [0.2, 0.25) is 0 Å². The van der Waals surface area contributed by atoms with Crippen molar-refractivity contribution in [2.75, 3.05) is 0 Å². The summed E-state index contributed by atoms with van der Waals surface area (Å²) in [5.74, 6) is 1.91. The Morgan fingerprint density at radius 1 is 0.452 bits per heavy atom. The Hall–Kier alpha value is -5.39. The van der Waals surface area contributed by atoms with Crippen molar-refractivity contribution in [3.63, 3.8) is 0 Å². The third kappa shape index (κ3) is 3.51. The molecule has 0 fully saturated rings. The zero-order valence-electron chi connectivity index (χ0n) is 22.4. The van der Waals surface area contributed by atoms with E-state index in [9.17, 15) is 0 Å². The maximum Gasteiger partial charge on any atom is 0.238 e. The number of hydrogen-bond acceptors (Lipinski definition) is 4. The van der Waals surface area contributed by atoms with Crippen molar-refractivity contribution in [2.24, 2.45) is 0 Å². The average molecular weight is 555 g/mol. The zero-order valence-corrected chi connectivity index (χ0v) is 23.2. The molecule has 9 aromatic rings. The van der Waals surface area contributed by atoms with E-state index in [2.05, 4.69) is 102 Å². The molecule has 0 aliphatic heterocycles.